The van der Waals surface area contributed by atoms with Gasteiger partial charge in [-0.3, -0.25) is 0 Å². The summed E-state index contributed by atoms with van der Waals surface area (Å²) in [5, 5.41) is 19.7. The molecule has 0 saturated carbocycles. The maximum absolute atomic E-state index is 9.96. The quantitative estimate of drug-likeness (QED) is 0.567. The van der Waals surface area contributed by atoms with Crippen LogP contribution in [0.15, 0.2) is 12.3 Å². The number of aromatic amines is 1. The molecule has 6 nitrogen and oxygen atoms in total. The topological polar surface area (TPSA) is 100 Å². The van der Waals surface area contributed by atoms with Gasteiger partial charge in [0.2, 0.25) is 0 Å². The van der Waals surface area contributed by atoms with Gasteiger partial charge in [-0.1, -0.05) is 12.2 Å². The van der Waals surface area contributed by atoms with E-state index in [1.807, 2.05) is 0 Å². The average Bonchev–Trinajstić information content (AvgIpc) is 2.62. The van der Waals surface area contributed by atoms with Crippen LogP contribution in [0.5, 0.6) is 0 Å². The molecule has 1 unspecified atom stereocenters. The number of nitrogen functional groups attached to an aromatic ring is 1. The number of anilines is 1. The normalized spacial score (nSPS) is 15.2. The number of nitrogens with two attached hydrogens (primary N) is 1. The Labute approximate surface area is 96.4 Å². The van der Waals surface area contributed by atoms with Crippen LogP contribution >= 0.6 is 12.2 Å². The smallest absolute Gasteiger partial charge is 0.200 e. The Morgan fingerprint density at radius 3 is 3.00 bits per heavy atom. The van der Waals surface area contributed by atoms with E-state index in [2.05, 4.69) is 9.97 Å². The van der Waals surface area contributed by atoms with Gasteiger partial charge in [-0.05, 0) is 13.0 Å². The standard InChI is InChI=1S/C9H12N4O2S/c1-9(15,4-14)13-3-2-5-6(13)11-8(10)12-7(5)16/h2-3,14-15H,4H2,1H3,(H3,10,11,12,16). The van der Waals surface area contributed by atoms with Crippen LogP contribution in [-0.4, -0.2) is 31.4 Å². The molecule has 2 heterocycles. The molecule has 0 bridgehead atoms. The summed E-state index contributed by atoms with van der Waals surface area (Å²) in [5.74, 6) is 0.172. The van der Waals surface area contributed by atoms with Crippen molar-refractivity contribution in [3.8, 4) is 0 Å². The van der Waals surface area contributed by atoms with Gasteiger partial charge in [0.15, 0.2) is 11.7 Å². The minimum absolute atomic E-state index is 0.172. The fourth-order valence-electron chi connectivity index (χ4n) is 1.53. The van der Waals surface area contributed by atoms with Gasteiger partial charge in [-0.25, -0.2) is 4.98 Å². The van der Waals surface area contributed by atoms with Crippen molar-refractivity contribution in [1.29, 1.82) is 0 Å². The lowest BCUT2D eigenvalue weighted by molar-refractivity contribution is -0.0619. The highest BCUT2D eigenvalue weighted by Gasteiger charge is 2.23. The molecule has 86 valence electrons. The van der Waals surface area contributed by atoms with E-state index >= 15 is 0 Å². The molecule has 1 atom stereocenters. The number of rotatable bonds is 2. The highest BCUT2D eigenvalue weighted by atomic mass is 32.1. The maximum Gasteiger partial charge on any atom is 0.200 e. The first-order valence-electron chi connectivity index (χ1n) is 4.66. The third-order valence-corrected chi connectivity index (χ3v) is 2.71. The summed E-state index contributed by atoms with van der Waals surface area (Å²) in [4.78, 5) is 6.71. The monoisotopic (exact) mass is 240 g/mol. The molecule has 2 rings (SSSR count). The van der Waals surface area contributed by atoms with E-state index < -0.39 is 12.3 Å². The molecule has 0 saturated heterocycles. The summed E-state index contributed by atoms with van der Waals surface area (Å²) >= 11 is 5.05. The highest BCUT2D eigenvalue weighted by Crippen LogP contribution is 2.21. The Hall–Kier alpha value is -1.44. The molecule has 16 heavy (non-hydrogen) atoms. The number of nitrogens with one attached hydrogen (secondary N) is 1. The summed E-state index contributed by atoms with van der Waals surface area (Å²) in [6.45, 7) is 1.07. The van der Waals surface area contributed by atoms with E-state index in [4.69, 9.17) is 23.1 Å². The largest absolute Gasteiger partial charge is 0.391 e. The van der Waals surface area contributed by atoms with Crippen molar-refractivity contribution in [2.45, 2.75) is 12.6 Å². The number of aromatic nitrogens is 3. The molecule has 7 heteroatoms. The van der Waals surface area contributed by atoms with Crippen molar-refractivity contribution in [2.75, 3.05) is 12.3 Å². The molecule has 0 amide bonds. The van der Waals surface area contributed by atoms with E-state index in [-0.39, 0.29) is 5.95 Å². The van der Waals surface area contributed by atoms with Gasteiger partial charge in [0.1, 0.15) is 10.3 Å². The van der Waals surface area contributed by atoms with Crippen molar-refractivity contribution < 1.29 is 10.2 Å². The lowest BCUT2D eigenvalue weighted by Crippen LogP contribution is -2.33. The number of fused-ring (bicyclic) bond motifs is 1. The molecule has 2 aromatic rings. The lowest BCUT2D eigenvalue weighted by Gasteiger charge is -2.23. The minimum Gasteiger partial charge on any atom is -0.391 e. The van der Waals surface area contributed by atoms with E-state index in [1.165, 1.54) is 11.5 Å². The number of aliphatic hydroxyl groups is 2. The van der Waals surface area contributed by atoms with Crippen LogP contribution in [0.4, 0.5) is 5.95 Å². The van der Waals surface area contributed by atoms with Gasteiger partial charge in [-0.2, -0.15) is 0 Å². The fraction of sp³-hybridized carbons (Fsp3) is 0.333. The van der Waals surface area contributed by atoms with Crippen molar-refractivity contribution in [1.82, 2.24) is 14.5 Å². The Morgan fingerprint density at radius 2 is 2.38 bits per heavy atom. The van der Waals surface area contributed by atoms with Crippen LogP contribution in [0.3, 0.4) is 0 Å². The second-order valence-electron chi connectivity index (χ2n) is 3.75. The van der Waals surface area contributed by atoms with E-state index in [9.17, 15) is 5.11 Å². The summed E-state index contributed by atoms with van der Waals surface area (Å²) < 4.78 is 1.83. The summed E-state index contributed by atoms with van der Waals surface area (Å²) in [7, 11) is 0. The zero-order valence-corrected chi connectivity index (χ0v) is 9.45. The van der Waals surface area contributed by atoms with Gasteiger partial charge in [0.05, 0.1) is 12.0 Å². The van der Waals surface area contributed by atoms with Crippen LogP contribution in [0.2, 0.25) is 0 Å². The fourth-order valence-corrected chi connectivity index (χ4v) is 1.79. The van der Waals surface area contributed by atoms with Crippen LogP contribution in [0.1, 0.15) is 6.92 Å². The summed E-state index contributed by atoms with van der Waals surface area (Å²) in [6, 6.07) is 1.71. The Balaban J connectivity index is 2.79. The number of aliphatic hydroxyl groups excluding tert-OH is 1. The molecule has 0 aliphatic carbocycles. The van der Waals surface area contributed by atoms with Gasteiger partial charge < -0.3 is 25.5 Å². The molecule has 0 aromatic carbocycles. The molecular weight excluding hydrogens is 228 g/mol. The third kappa shape index (κ3) is 1.58. The summed E-state index contributed by atoms with van der Waals surface area (Å²) in [5.41, 5.74) is 4.68. The number of hydrogen-bond acceptors (Lipinski definition) is 5. The van der Waals surface area contributed by atoms with Crippen molar-refractivity contribution in [3.05, 3.63) is 16.9 Å². The SMILES string of the molecule is CC(O)(CO)n1ccc2c(=S)nc(N)[nH]c21. The lowest BCUT2D eigenvalue weighted by atomic mass is 10.3. The highest BCUT2D eigenvalue weighted by molar-refractivity contribution is 7.71. The first-order chi connectivity index (χ1) is 7.45. The van der Waals surface area contributed by atoms with Crippen molar-refractivity contribution in [2.24, 2.45) is 0 Å². The van der Waals surface area contributed by atoms with Crippen LogP contribution in [-0.2, 0) is 5.72 Å². The maximum atomic E-state index is 9.96. The Bertz CT molecular complexity index is 587. The van der Waals surface area contributed by atoms with Gasteiger partial charge in [-0.15, -0.1) is 0 Å². The first-order valence-corrected chi connectivity index (χ1v) is 5.07. The predicted molar refractivity (Wildman–Crippen MR) is 62.3 cm³/mol. The van der Waals surface area contributed by atoms with Crippen LogP contribution < -0.4 is 5.73 Å². The minimum atomic E-state index is -1.41. The average molecular weight is 240 g/mol. The van der Waals surface area contributed by atoms with Crippen molar-refractivity contribution >= 4 is 29.2 Å². The van der Waals surface area contributed by atoms with Crippen LogP contribution in [0, 0.1) is 4.64 Å². The van der Waals surface area contributed by atoms with E-state index in [1.54, 1.807) is 12.3 Å². The predicted octanol–water partition coefficient (Wildman–Crippen LogP) is 0.333. The molecular formula is C9H12N4O2S. The first kappa shape index (κ1) is 11.1. The molecule has 2 aromatic heterocycles. The molecule has 5 N–H and O–H groups in total. The molecule has 0 fully saturated rings. The Morgan fingerprint density at radius 1 is 1.69 bits per heavy atom. The molecule has 0 aliphatic rings. The van der Waals surface area contributed by atoms with Gasteiger partial charge >= 0.3 is 0 Å². The van der Waals surface area contributed by atoms with Gasteiger partial charge in [0, 0.05) is 6.20 Å². The van der Waals surface area contributed by atoms with Crippen LogP contribution in [0.25, 0.3) is 11.0 Å². The van der Waals surface area contributed by atoms with E-state index in [0.29, 0.717) is 15.7 Å². The molecule has 0 spiro atoms. The second kappa shape index (κ2) is 3.55. The van der Waals surface area contributed by atoms with E-state index in [0.717, 1.165) is 0 Å². The second-order valence-corrected chi connectivity index (χ2v) is 4.14. The summed E-state index contributed by atoms with van der Waals surface area (Å²) in [6.07, 6.45) is 1.62. The number of hydrogen-bond donors (Lipinski definition) is 4. The number of nitrogens with zero attached hydrogens (tertiary/aromatic N) is 2. The molecule has 0 aliphatic heterocycles. The number of H-pyrrole nitrogens is 1. The Kier molecular flexibility index (Phi) is 2.45. The molecule has 0 radical (unpaired) electrons. The zero-order valence-electron chi connectivity index (χ0n) is 8.64. The zero-order chi connectivity index (χ0) is 11.9. The third-order valence-electron chi connectivity index (χ3n) is 2.40. The van der Waals surface area contributed by atoms with Gasteiger partial charge in [0.25, 0.3) is 0 Å². The van der Waals surface area contributed by atoms with Crippen molar-refractivity contribution in [3.63, 3.8) is 0 Å².